The highest BCUT2D eigenvalue weighted by molar-refractivity contribution is 6.05. The second kappa shape index (κ2) is 8.39. The Bertz CT molecular complexity index is 844. The van der Waals surface area contributed by atoms with Crippen LogP contribution in [0.15, 0.2) is 48.7 Å². The highest BCUT2D eigenvalue weighted by Gasteiger charge is 2.38. The maximum atomic E-state index is 13.2. The normalized spacial score (nSPS) is 16.3. The number of carbonyl (C=O) groups is 3. The minimum atomic E-state index is -0.895. The minimum Gasteiger partial charge on any atom is -0.350 e. The molecule has 0 spiro atoms. The Labute approximate surface area is 155 Å². The van der Waals surface area contributed by atoms with E-state index in [1.807, 2.05) is 6.07 Å². The van der Waals surface area contributed by atoms with Gasteiger partial charge in [-0.3, -0.25) is 19.5 Å². The van der Waals surface area contributed by atoms with Gasteiger partial charge in [0.1, 0.15) is 11.9 Å². The summed E-state index contributed by atoms with van der Waals surface area (Å²) in [5.41, 5.74) is 1.39. The summed E-state index contributed by atoms with van der Waals surface area (Å²) in [6.07, 6.45) is 1.82. The van der Waals surface area contributed by atoms with Gasteiger partial charge in [0, 0.05) is 12.7 Å². The average Bonchev–Trinajstić information content (AvgIpc) is 2.92. The van der Waals surface area contributed by atoms with Gasteiger partial charge in [0.05, 0.1) is 18.7 Å². The van der Waals surface area contributed by atoms with Crippen LogP contribution in [0, 0.1) is 5.82 Å². The fourth-order valence-corrected chi connectivity index (χ4v) is 2.81. The van der Waals surface area contributed by atoms with E-state index in [0.29, 0.717) is 17.7 Å². The lowest BCUT2D eigenvalue weighted by Crippen LogP contribution is -2.36. The number of nitrogens with one attached hydrogen (secondary N) is 2. The minimum absolute atomic E-state index is 0.125. The van der Waals surface area contributed by atoms with E-state index in [1.54, 1.807) is 30.5 Å². The molecular formula is C19H19FN4O3. The summed E-state index contributed by atoms with van der Waals surface area (Å²) in [4.78, 5) is 41.6. The molecule has 2 N–H and O–H groups in total. The fourth-order valence-electron chi connectivity index (χ4n) is 2.81. The summed E-state index contributed by atoms with van der Waals surface area (Å²) in [6, 6.07) is 9.92. The molecule has 0 bridgehead atoms. The van der Waals surface area contributed by atoms with Gasteiger partial charge >= 0.3 is 6.03 Å². The number of amides is 4. The highest BCUT2D eigenvalue weighted by Crippen LogP contribution is 2.12. The third-order valence-electron chi connectivity index (χ3n) is 4.20. The second-order valence-corrected chi connectivity index (χ2v) is 6.17. The Kier molecular flexibility index (Phi) is 5.75. The number of imide groups is 1. The van der Waals surface area contributed by atoms with Crippen LogP contribution in [0.3, 0.4) is 0 Å². The molecule has 27 heavy (non-hydrogen) atoms. The molecule has 8 heteroatoms. The van der Waals surface area contributed by atoms with Gasteiger partial charge in [-0.25, -0.2) is 9.18 Å². The molecule has 2 aromatic rings. The van der Waals surface area contributed by atoms with Gasteiger partial charge in [-0.15, -0.1) is 0 Å². The van der Waals surface area contributed by atoms with E-state index >= 15 is 0 Å². The molecule has 1 aliphatic heterocycles. The zero-order chi connectivity index (χ0) is 19.2. The number of hydrogen-bond acceptors (Lipinski definition) is 4. The molecule has 0 aliphatic carbocycles. The van der Waals surface area contributed by atoms with Gasteiger partial charge in [-0.1, -0.05) is 18.2 Å². The van der Waals surface area contributed by atoms with E-state index in [0.717, 1.165) is 4.90 Å². The van der Waals surface area contributed by atoms with E-state index in [2.05, 4.69) is 15.6 Å². The number of rotatable bonds is 7. The van der Waals surface area contributed by atoms with E-state index in [9.17, 15) is 18.8 Å². The predicted molar refractivity (Wildman–Crippen MR) is 94.8 cm³/mol. The first-order chi connectivity index (χ1) is 13.0. The lowest BCUT2D eigenvalue weighted by atomic mass is 10.1. The quantitative estimate of drug-likeness (QED) is 0.721. The van der Waals surface area contributed by atoms with Crippen LogP contribution in [0.5, 0.6) is 0 Å². The third-order valence-corrected chi connectivity index (χ3v) is 4.20. The molecule has 1 atom stereocenters. The van der Waals surface area contributed by atoms with Crippen LogP contribution in [0.1, 0.15) is 17.7 Å². The van der Waals surface area contributed by atoms with Crippen LogP contribution in [0.4, 0.5) is 9.18 Å². The van der Waals surface area contributed by atoms with Gasteiger partial charge in [-0.2, -0.15) is 0 Å². The first-order valence-electron chi connectivity index (χ1n) is 8.56. The monoisotopic (exact) mass is 370 g/mol. The largest absolute Gasteiger partial charge is 0.350 e. The first kappa shape index (κ1) is 18.5. The Balaban J connectivity index is 1.50. The molecule has 1 aliphatic rings. The van der Waals surface area contributed by atoms with Crippen LogP contribution in [0.25, 0.3) is 0 Å². The zero-order valence-electron chi connectivity index (χ0n) is 14.5. The number of halogens is 1. The maximum Gasteiger partial charge on any atom is 0.324 e. The summed E-state index contributed by atoms with van der Waals surface area (Å²) >= 11 is 0. The number of carbonyl (C=O) groups excluding carboxylic acids is 3. The van der Waals surface area contributed by atoms with Crippen molar-refractivity contribution in [2.45, 2.75) is 25.4 Å². The van der Waals surface area contributed by atoms with Crippen LogP contribution >= 0.6 is 0 Å². The number of urea groups is 1. The third kappa shape index (κ3) is 4.87. The molecule has 0 radical (unpaired) electrons. The number of benzene rings is 1. The molecule has 4 amide bonds. The lowest BCUT2D eigenvalue weighted by Gasteiger charge is -2.13. The maximum absolute atomic E-state index is 13.2. The average molecular weight is 370 g/mol. The standard InChI is InChI=1S/C19H19FN4O3/c20-14-5-3-4-13(10-14)7-9-24-18(26)16(23-19(24)27)11-17(25)22-12-15-6-1-2-8-21-15/h1-6,8,10,16H,7,9,11-12H2,(H,22,25)(H,23,27)/t16-/m0/s1. The molecule has 0 unspecified atom stereocenters. The Morgan fingerprint density at radius 3 is 2.81 bits per heavy atom. The van der Waals surface area contributed by atoms with E-state index in [4.69, 9.17) is 0 Å². The summed E-state index contributed by atoms with van der Waals surface area (Å²) in [6.45, 7) is 0.373. The van der Waals surface area contributed by atoms with Gasteiger partial charge in [-0.05, 0) is 36.2 Å². The number of hydrogen-bond donors (Lipinski definition) is 2. The summed E-state index contributed by atoms with van der Waals surface area (Å²) in [5.74, 6) is -1.18. The number of pyridine rings is 1. The molecule has 2 heterocycles. The molecule has 0 saturated carbocycles. The van der Waals surface area contributed by atoms with Crippen LogP contribution in [0.2, 0.25) is 0 Å². The predicted octanol–water partition coefficient (Wildman–Crippen LogP) is 1.39. The van der Waals surface area contributed by atoms with E-state index in [1.165, 1.54) is 12.1 Å². The van der Waals surface area contributed by atoms with Crippen molar-refractivity contribution < 1.29 is 18.8 Å². The van der Waals surface area contributed by atoms with Crippen LogP contribution < -0.4 is 10.6 Å². The topological polar surface area (TPSA) is 91.4 Å². The van der Waals surface area contributed by atoms with Crippen LogP contribution in [-0.4, -0.2) is 40.3 Å². The molecule has 1 aromatic carbocycles. The lowest BCUT2D eigenvalue weighted by molar-refractivity contribution is -0.130. The molecule has 1 fully saturated rings. The van der Waals surface area contributed by atoms with Crippen molar-refractivity contribution in [1.29, 1.82) is 0 Å². The summed E-state index contributed by atoms with van der Waals surface area (Å²) in [5, 5.41) is 5.19. The first-order valence-corrected chi connectivity index (χ1v) is 8.56. The van der Waals surface area contributed by atoms with Gasteiger partial charge in [0.25, 0.3) is 5.91 Å². The molecule has 7 nitrogen and oxygen atoms in total. The van der Waals surface area contributed by atoms with Crippen molar-refractivity contribution in [2.24, 2.45) is 0 Å². The molecule has 1 saturated heterocycles. The van der Waals surface area contributed by atoms with Crippen molar-refractivity contribution in [3.05, 3.63) is 65.7 Å². The summed E-state index contributed by atoms with van der Waals surface area (Å²) in [7, 11) is 0. The van der Waals surface area contributed by atoms with Gasteiger partial charge in [0.2, 0.25) is 5.91 Å². The highest BCUT2D eigenvalue weighted by atomic mass is 19.1. The van der Waals surface area contributed by atoms with Crippen molar-refractivity contribution in [3.8, 4) is 0 Å². The Morgan fingerprint density at radius 1 is 1.22 bits per heavy atom. The van der Waals surface area contributed by atoms with E-state index < -0.39 is 18.0 Å². The summed E-state index contributed by atoms with van der Waals surface area (Å²) < 4.78 is 13.2. The molecular weight excluding hydrogens is 351 g/mol. The van der Waals surface area contributed by atoms with Crippen molar-refractivity contribution >= 4 is 17.8 Å². The molecule has 3 rings (SSSR count). The van der Waals surface area contributed by atoms with Gasteiger partial charge < -0.3 is 10.6 Å². The smallest absolute Gasteiger partial charge is 0.324 e. The SMILES string of the molecule is O=C(C[C@@H]1NC(=O)N(CCc2cccc(F)c2)C1=O)NCc1ccccn1. The fraction of sp³-hybridized carbons (Fsp3) is 0.263. The van der Waals surface area contributed by atoms with Crippen LogP contribution in [-0.2, 0) is 22.6 Å². The van der Waals surface area contributed by atoms with Crippen molar-refractivity contribution in [1.82, 2.24) is 20.5 Å². The molecule has 1 aromatic heterocycles. The second-order valence-electron chi connectivity index (χ2n) is 6.17. The number of nitrogens with zero attached hydrogens (tertiary/aromatic N) is 2. The number of aromatic nitrogens is 1. The van der Waals surface area contributed by atoms with Gasteiger partial charge in [0.15, 0.2) is 0 Å². The van der Waals surface area contributed by atoms with Crippen molar-refractivity contribution in [3.63, 3.8) is 0 Å². The Morgan fingerprint density at radius 2 is 2.07 bits per heavy atom. The van der Waals surface area contributed by atoms with E-state index in [-0.39, 0.29) is 31.2 Å². The molecule has 140 valence electrons. The Hall–Kier alpha value is -3.29. The zero-order valence-corrected chi connectivity index (χ0v) is 14.5. The van der Waals surface area contributed by atoms with Crippen molar-refractivity contribution in [2.75, 3.05) is 6.54 Å².